The number of aromatic nitrogens is 3. The number of nitrogens with zero attached hydrogens (tertiary/aromatic N) is 3. The molecule has 0 radical (unpaired) electrons. The molecule has 0 aliphatic rings. The van der Waals surface area contributed by atoms with Crippen LogP contribution < -0.4 is 10.6 Å². The third-order valence-corrected chi connectivity index (χ3v) is 4.18. The second-order valence-electron chi connectivity index (χ2n) is 3.91. The minimum absolute atomic E-state index is 0.439. The maximum Gasteiger partial charge on any atom is 0.172 e. The van der Waals surface area contributed by atoms with Crippen LogP contribution in [-0.4, -0.2) is 26.8 Å². The lowest BCUT2D eigenvalue weighted by atomic mass is 10.2. The van der Waals surface area contributed by atoms with Gasteiger partial charge in [0.1, 0.15) is 0 Å². The third kappa shape index (κ3) is 4.74. The Labute approximate surface area is 145 Å². The Morgan fingerprint density at radius 1 is 1.29 bits per heavy atom. The molecule has 2 aromatic heterocycles. The molecular weight excluding hydrogens is 397 g/mol. The van der Waals surface area contributed by atoms with E-state index in [2.05, 4.69) is 41.7 Å². The molecule has 0 aromatic carbocycles. The molecule has 21 heavy (non-hydrogen) atoms. The molecule has 0 fully saturated rings. The molecule has 0 amide bonds. The van der Waals surface area contributed by atoms with Crippen molar-refractivity contribution < 1.29 is 0 Å². The van der Waals surface area contributed by atoms with Gasteiger partial charge in [0.15, 0.2) is 10.9 Å². The van der Waals surface area contributed by atoms with E-state index < -0.39 is 0 Å². The second-order valence-corrected chi connectivity index (χ2v) is 5.96. The van der Waals surface area contributed by atoms with E-state index in [1.807, 2.05) is 0 Å². The summed E-state index contributed by atoms with van der Waals surface area (Å²) in [5.74, 6) is 0.550. The quantitative estimate of drug-likeness (QED) is 0.758. The van der Waals surface area contributed by atoms with Gasteiger partial charge in [-0.25, -0.2) is 0 Å². The summed E-state index contributed by atoms with van der Waals surface area (Å²) < 4.78 is 0.779. The maximum absolute atomic E-state index is 6.06. The van der Waals surface area contributed by atoms with Gasteiger partial charge in [-0.3, -0.25) is 4.98 Å². The van der Waals surface area contributed by atoms with E-state index in [1.165, 1.54) is 0 Å². The van der Waals surface area contributed by atoms with E-state index in [4.69, 9.17) is 35.4 Å². The molecule has 0 saturated heterocycles. The molecule has 110 valence electrons. The van der Waals surface area contributed by atoms with Crippen molar-refractivity contribution >= 4 is 62.3 Å². The van der Waals surface area contributed by atoms with Crippen LogP contribution in [0.4, 0.5) is 5.82 Å². The van der Waals surface area contributed by atoms with Crippen molar-refractivity contribution in [2.45, 2.75) is 6.42 Å². The Hall–Kier alpha value is -1.02. The van der Waals surface area contributed by atoms with Gasteiger partial charge in [-0.2, -0.15) is 5.10 Å². The molecule has 0 saturated carbocycles. The number of rotatable bonds is 4. The molecule has 0 unspecified atom stereocenters. The van der Waals surface area contributed by atoms with Gasteiger partial charge < -0.3 is 10.6 Å². The number of pyridine rings is 1. The highest BCUT2D eigenvalue weighted by atomic mass is 79.9. The molecule has 0 aliphatic carbocycles. The van der Waals surface area contributed by atoms with Crippen LogP contribution in [0.5, 0.6) is 0 Å². The summed E-state index contributed by atoms with van der Waals surface area (Å²) >= 11 is 20.5. The summed E-state index contributed by atoms with van der Waals surface area (Å²) in [5.41, 5.74) is 0.722. The lowest BCUT2D eigenvalue weighted by Gasteiger charge is -2.10. The Morgan fingerprint density at radius 2 is 2.10 bits per heavy atom. The molecule has 2 heterocycles. The Kier molecular flexibility index (Phi) is 6.10. The van der Waals surface area contributed by atoms with Crippen molar-refractivity contribution in [1.29, 1.82) is 0 Å². The summed E-state index contributed by atoms with van der Waals surface area (Å²) in [6, 6.07) is 3.42. The molecule has 2 rings (SSSR count). The van der Waals surface area contributed by atoms with Crippen LogP contribution in [0.2, 0.25) is 10.0 Å². The van der Waals surface area contributed by atoms with E-state index >= 15 is 0 Å². The first-order chi connectivity index (χ1) is 10.1. The third-order valence-electron chi connectivity index (χ3n) is 2.47. The Morgan fingerprint density at radius 3 is 2.86 bits per heavy atom. The summed E-state index contributed by atoms with van der Waals surface area (Å²) in [6.07, 6.45) is 3.80. The fraction of sp³-hybridized carbons (Fsp3) is 0.167. The van der Waals surface area contributed by atoms with Gasteiger partial charge in [-0.1, -0.05) is 23.2 Å². The first-order valence-electron chi connectivity index (χ1n) is 5.89. The van der Waals surface area contributed by atoms with E-state index in [0.29, 0.717) is 33.9 Å². The smallest absolute Gasteiger partial charge is 0.172 e. The average Bonchev–Trinajstić information content (AvgIpc) is 2.46. The first-order valence-corrected chi connectivity index (χ1v) is 7.84. The molecule has 0 aliphatic heterocycles. The van der Waals surface area contributed by atoms with Crippen molar-refractivity contribution in [1.82, 2.24) is 20.5 Å². The molecule has 2 N–H and O–H groups in total. The number of nitrogens with one attached hydrogen (secondary N) is 2. The molecule has 5 nitrogen and oxygen atoms in total. The van der Waals surface area contributed by atoms with Crippen molar-refractivity contribution in [2.24, 2.45) is 0 Å². The van der Waals surface area contributed by atoms with E-state index in [-0.39, 0.29) is 0 Å². The van der Waals surface area contributed by atoms with Crippen molar-refractivity contribution in [2.75, 3.05) is 11.9 Å². The van der Waals surface area contributed by atoms with Crippen LogP contribution in [0.1, 0.15) is 5.69 Å². The van der Waals surface area contributed by atoms with Crippen LogP contribution in [0.3, 0.4) is 0 Å². The standard InChI is InChI=1S/C12H10BrCl2N5S/c13-7-1-6-18-20-11(7)19-12(21)17-5-3-9-10(15)8(14)2-4-16-9/h1-2,4,6H,3,5H2,(H2,17,19,20,21). The highest BCUT2D eigenvalue weighted by Crippen LogP contribution is 2.23. The van der Waals surface area contributed by atoms with Gasteiger partial charge >= 0.3 is 0 Å². The average molecular weight is 407 g/mol. The highest BCUT2D eigenvalue weighted by Gasteiger charge is 2.07. The van der Waals surface area contributed by atoms with Crippen LogP contribution in [0.25, 0.3) is 0 Å². The number of halogens is 3. The Bertz CT molecular complexity index is 655. The topological polar surface area (TPSA) is 62.7 Å². The minimum atomic E-state index is 0.439. The largest absolute Gasteiger partial charge is 0.362 e. The number of hydrogen-bond donors (Lipinski definition) is 2. The molecule has 0 atom stereocenters. The van der Waals surface area contributed by atoms with Crippen molar-refractivity contribution in [3.63, 3.8) is 0 Å². The van der Waals surface area contributed by atoms with Crippen molar-refractivity contribution in [3.05, 3.63) is 44.7 Å². The van der Waals surface area contributed by atoms with Crippen LogP contribution in [0.15, 0.2) is 29.0 Å². The summed E-state index contributed by atoms with van der Waals surface area (Å²) in [5, 5.41) is 15.1. The van der Waals surface area contributed by atoms with Gasteiger partial charge in [-0.15, -0.1) is 5.10 Å². The summed E-state index contributed by atoms with van der Waals surface area (Å²) in [7, 11) is 0. The predicted octanol–water partition coefficient (Wildman–Crippen LogP) is 3.47. The lowest BCUT2D eigenvalue weighted by Crippen LogP contribution is -2.30. The zero-order chi connectivity index (χ0) is 15.2. The number of thiocarbonyl (C=S) groups is 1. The zero-order valence-electron chi connectivity index (χ0n) is 10.6. The molecular formula is C12H10BrCl2N5S. The van der Waals surface area contributed by atoms with E-state index in [1.54, 1.807) is 24.5 Å². The Balaban J connectivity index is 1.85. The summed E-state index contributed by atoms with van der Waals surface area (Å²) in [4.78, 5) is 4.18. The van der Waals surface area contributed by atoms with E-state index in [9.17, 15) is 0 Å². The minimum Gasteiger partial charge on any atom is -0.362 e. The zero-order valence-corrected chi connectivity index (χ0v) is 14.5. The SMILES string of the molecule is S=C(NCCc1nccc(Cl)c1Cl)Nc1nnccc1Br. The van der Waals surface area contributed by atoms with Gasteiger partial charge in [-0.05, 0) is 40.3 Å². The fourth-order valence-corrected chi connectivity index (χ4v) is 2.35. The van der Waals surface area contributed by atoms with Gasteiger partial charge in [0.2, 0.25) is 0 Å². The normalized spacial score (nSPS) is 10.2. The van der Waals surface area contributed by atoms with Crippen molar-refractivity contribution in [3.8, 4) is 0 Å². The molecule has 0 spiro atoms. The molecule has 9 heteroatoms. The fourth-order valence-electron chi connectivity index (χ4n) is 1.48. The van der Waals surface area contributed by atoms with Gasteiger partial charge in [0, 0.05) is 19.2 Å². The van der Waals surface area contributed by atoms with Crippen LogP contribution in [0, 0.1) is 0 Å². The van der Waals surface area contributed by atoms with Crippen LogP contribution >= 0.6 is 51.3 Å². The summed E-state index contributed by atoms with van der Waals surface area (Å²) in [6.45, 7) is 0.566. The molecule has 0 bridgehead atoms. The van der Waals surface area contributed by atoms with Crippen LogP contribution in [-0.2, 0) is 6.42 Å². The lowest BCUT2D eigenvalue weighted by molar-refractivity contribution is 0.846. The monoisotopic (exact) mass is 405 g/mol. The first kappa shape index (κ1) is 16.4. The van der Waals surface area contributed by atoms with Gasteiger partial charge in [0.05, 0.1) is 26.4 Å². The second kappa shape index (κ2) is 7.84. The molecule has 2 aromatic rings. The number of anilines is 1. The predicted molar refractivity (Wildman–Crippen MR) is 91.9 cm³/mol. The highest BCUT2D eigenvalue weighted by molar-refractivity contribution is 9.10. The van der Waals surface area contributed by atoms with Gasteiger partial charge in [0.25, 0.3) is 0 Å². The van der Waals surface area contributed by atoms with E-state index in [0.717, 1.165) is 10.2 Å². The number of hydrogen-bond acceptors (Lipinski definition) is 4. The maximum atomic E-state index is 6.06.